The summed E-state index contributed by atoms with van der Waals surface area (Å²) in [5.41, 5.74) is 0. The van der Waals surface area contributed by atoms with Gasteiger partial charge in [0.25, 0.3) is 0 Å². The molecular formula is C13H19NO5S. The zero-order valence-corrected chi connectivity index (χ0v) is 12.5. The zero-order chi connectivity index (χ0) is 15.3. The second kappa shape index (κ2) is 6.71. The van der Waals surface area contributed by atoms with E-state index in [0.29, 0.717) is 18.3 Å². The lowest BCUT2D eigenvalue weighted by Gasteiger charge is -2.11. The van der Waals surface area contributed by atoms with Gasteiger partial charge in [0, 0.05) is 0 Å². The van der Waals surface area contributed by atoms with Gasteiger partial charge in [-0.3, -0.25) is 4.79 Å². The Morgan fingerprint density at radius 3 is 2.25 bits per heavy atom. The summed E-state index contributed by atoms with van der Waals surface area (Å²) < 4.78 is 31.3. The third-order valence-corrected chi connectivity index (χ3v) is 3.98. The highest BCUT2D eigenvalue weighted by atomic mass is 32.2. The Hall–Kier alpha value is -1.60. The molecule has 0 saturated carbocycles. The summed E-state index contributed by atoms with van der Waals surface area (Å²) in [6.45, 7) is 5.83. The molecule has 2 N–H and O–H groups in total. The Labute approximate surface area is 118 Å². The topological polar surface area (TPSA) is 92.7 Å². The van der Waals surface area contributed by atoms with E-state index in [2.05, 4.69) is 4.72 Å². The first kappa shape index (κ1) is 16.5. The van der Waals surface area contributed by atoms with Gasteiger partial charge in [0.1, 0.15) is 11.8 Å². The largest absolute Gasteiger partial charge is 0.493 e. The predicted octanol–water partition coefficient (Wildman–Crippen LogP) is 1.47. The smallest absolute Gasteiger partial charge is 0.321 e. The number of rotatable bonds is 7. The number of hydrogen-bond donors (Lipinski definition) is 2. The quantitative estimate of drug-likeness (QED) is 0.795. The van der Waals surface area contributed by atoms with Crippen LogP contribution in [0.5, 0.6) is 5.75 Å². The number of ether oxygens (including phenoxy) is 1. The zero-order valence-electron chi connectivity index (χ0n) is 11.7. The Morgan fingerprint density at radius 2 is 1.80 bits per heavy atom. The molecule has 0 fully saturated rings. The van der Waals surface area contributed by atoms with Crippen LogP contribution in [0.25, 0.3) is 0 Å². The van der Waals surface area contributed by atoms with Crippen LogP contribution >= 0.6 is 0 Å². The summed E-state index contributed by atoms with van der Waals surface area (Å²) >= 11 is 0. The van der Waals surface area contributed by atoms with E-state index in [9.17, 15) is 13.2 Å². The summed E-state index contributed by atoms with van der Waals surface area (Å²) in [6, 6.07) is 4.67. The second-order valence-electron chi connectivity index (χ2n) is 4.86. The van der Waals surface area contributed by atoms with Gasteiger partial charge in [-0.1, -0.05) is 13.8 Å². The van der Waals surface area contributed by atoms with Crippen LogP contribution in [-0.4, -0.2) is 32.1 Å². The molecule has 1 aromatic rings. The number of hydrogen-bond acceptors (Lipinski definition) is 4. The lowest BCUT2D eigenvalue weighted by Crippen LogP contribution is -2.38. The van der Waals surface area contributed by atoms with Crippen molar-refractivity contribution >= 4 is 16.0 Å². The van der Waals surface area contributed by atoms with Gasteiger partial charge < -0.3 is 9.84 Å². The molecule has 0 amide bonds. The molecule has 1 rings (SSSR count). The Morgan fingerprint density at radius 1 is 1.25 bits per heavy atom. The van der Waals surface area contributed by atoms with E-state index in [-0.39, 0.29) is 4.90 Å². The van der Waals surface area contributed by atoms with Crippen LogP contribution in [0, 0.1) is 5.92 Å². The first-order valence-corrected chi connectivity index (χ1v) is 7.68. The fourth-order valence-electron chi connectivity index (χ4n) is 1.33. The molecule has 1 aromatic carbocycles. The number of benzene rings is 1. The fraction of sp³-hybridized carbons (Fsp3) is 0.462. The summed E-state index contributed by atoms with van der Waals surface area (Å²) in [4.78, 5) is 10.7. The van der Waals surface area contributed by atoms with Gasteiger partial charge in [-0.25, -0.2) is 8.42 Å². The highest BCUT2D eigenvalue weighted by Gasteiger charge is 2.21. The molecule has 1 unspecified atom stereocenters. The molecule has 0 bridgehead atoms. The normalized spacial score (nSPS) is 13.2. The van der Waals surface area contributed by atoms with E-state index in [0.717, 1.165) is 0 Å². The van der Waals surface area contributed by atoms with Crippen LogP contribution in [0.2, 0.25) is 0 Å². The summed E-state index contributed by atoms with van der Waals surface area (Å²) in [5.74, 6) is -0.286. The molecule has 0 radical (unpaired) electrons. The maximum Gasteiger partial charge on any atom is 0.321 e. The lowest BCUT2D eigenvalue weighted by molar-refractivity contribution is -0.138. The predicted molar refractivity (Wildman–Crippen MR) is 74.2 cm³/mol. The van der Waals surface area contributed by atoms with Gasteiger partial charge in [-0.05, 0) is 37.1 Å². The minimum Gasteiger partial charge on any atom is -0.493 e. The van der Waals surface area contributed by atoms with Gasteiger partial charge in [0.2, 0.25) is 10.0 Å². The molecule has 20 heavy (non-hydrogen) atoms. The minimum absolute atomic E-state index is 0.00231. The standard InChI is InChI=1S/C13H19NO5S/c1-9(2)8-19-11-4-6-12(7-5-11)20(17,18)14-10(3)13(15)16/h4-7,9-10,14H,8H2,1-3H3,(H,15,16). The van der Waals surface area contributed by atoms with Crippen LogP contribution in [0.15, 0.2) is 29.2 Å². The maximum atomic E-state index is 11.9. The third kappa shape index (κ3) is 4.82. The highest BCUT2D eigenvalue weighted by Crippen LogP contribution is 2.16. The number of aliphatic carboxylic acids is 1. The molecule has 7 heteroatoms. The maximum absolute atomic E-state index is 11.9. The first-order valence-electron chi connectivity index (χ1n) is 6.20. The van der Waals surface area contributed by atoms with E-state index in [1.54, 1.807) is 12.1 Å². The molecule has 0 aromatic heterocycles. The average Bonchev–Trinajstić information content (AvgIpc) is 2.36. The van der Waals surface area contributed by atoms with Crippen LogP contribution in [0.1, 0.15) is 20.8 Å². The molecule has 0 aliphatic heterocycles. The van der Waals surface area contributed by atoms with Crippen LogP contribution in [0.4, 0.5) is 0 Å². The van der Waals surface area contributed by atoms with Crippen molar-refractivity contribution in [2.75, 3.05) is 6.61 Å². The molecule has 0 heterocycles. The number of nitrogens with one attached hydrogen (secondary N) is 1. The summed E-state index contributed by atoms with van der Waals surface area (Å²) in [7, 11) is -3.84. The van der Waals surface area contributed by atoms with Crippen molar-refractivity contribution in [2.24, 2.45) is 5.92 Å². The van der Waals surface area contributed by atoms with Gasteiger partial charge in [-0.2, -0.15) is 4.72 Å². The van der Waals surface area contributed by atoms with Crippen molar-refractivity contribution in [2.45, 2.75) is 31.7 Å². The molecule has 112 valence electrons. The van der Waals surface area contributed by atoms with E-state index < -0.39 is 22.0 Å². The van der Waals surface area contributed by atoms with Crippen LogP contribution < -0.4 is 9.46 Å². The summed E-state index contributed by atoms with van der Waals surface area (Å²) in [5, 5.41) is 8.71. The van der Waals surface area contributed by atoms with Crippen molar-refractivity contribution < 1.29 is 23.1 Å². The van der Waals surface area contributed by atoms with Gasteiger partial charge in [-0.15, -0.1) is 0 Å². The minimum atomic E-state index is -3.84. The van der Waals surface area contributed by atoms with E-state index in [1.807, 2.05) is 13.8 Å². The third-order valence-electron chi connectivity index (χ3n) is 2.42. The van der Waals surface area contributed by atoms with Gasteiger partial charge >= 0.3 is 5.97 Å². The number of carboxylic acid groups (broad SMARTS) is 1. The Kier molecular flexibility index (Phi) is 5.52. The molecule has 0 saturated heterocycles. The lowest BCUT2D eigenvalue weighted by atomic mass is 10.2. The fourth-order valence-corrected chi connectivity index (χ4v) is 2.53. The monoisotopic (exact) mass is 301 g/mol. The average molecular weight is 301 g/mol. The van der Waals surface area contributed by atoms with Crippen LogP contribution in [0.3, 0.4) is 0 Å². The first-order chi connectivity index (χ1) is 9.22. The van der Waals surface area contributed by atoms with Crippen molar-refractivity contribution in [3.05, 3.63) is 24.3 Å². The van der Waals surface area contributed by atoms with Crippen molar-refractivity contribution in [3.8, 4) is 5.75 Å². The van der Waals surface area contributed by atoms with E-state index in [4.69, 9.17) is 9.84 Å². The van der Waals surface area contributed by atoms with Gasteiger partial charge in [0.15, 0.2) is 0 Å². The molecule has 1 atom stereocenters. The van der Waals surface area contributed by atoms with Crippen LogP contribution in [-0.2, 0) is 14.8 Å². The molecule has 0 aliphatic rings. The van der Waals surface area contributed by atoms with E-state index >= 15 is 0 Å². The highest BCUT2D eigenvalue weighted by molar-refractivity contribution is 7.89. The molecule has 6 nitrogen and oxygen atoms in total. The molecule has 0 aliphatic carbocycles. The second-order valence-corrected chi connectivity index (χ2v) is 6.57. The SMILES string of the molecule is CC(C)COc1ccc(S(=O)(=O)NC(C)C(=O)O)cc1. The van der Waals surface area contributed by atoms with E-state index in [1.165, 1.54) is 19.1 Å². The van der Waals surface area contributed by atoms with Gasteiger partial charge in [0.05, 0.1) is 11.5 Å². The Bertz CT molecular complexity index is 551. The molecular weight excluding hydrogens is 282 g/mol. The number of carboxylic acids is 1. The Balaban J connectivity index is 2.79. The van der Waals surface area contributed by atoms with Crippen molar-refractivity contribution in [3.63, 3.8) is 0 Å². The van der Waals surface area contributed by atoms with Crippen molar-refractivity contribution in [1.82, 2.24) is 4.72 Å². The number of sulfonamides is 1. The molecule has 0 spiro atoms. The van der Waals surface area contributed by atoms with Crippen molar-refractivity contribution in [1.29, 1.82) is 0 Å². The number of carbonyl (C=O) groups is 1. The summed E-state index contributed by atoms with van der Waals surface area (Å²) in [6.07, 6.45) is 0.